The van der Waals surface area contributed by atoms with Crippen molar-refractivity contribution in [2.45, 2.75) is 31.0 Å². The number of alkyl halides is 1. The smallest absolute Gasteiger partial charge is 0.124 e. The van der Waals surface area contributed by atoms with Gasteiger partial charge in [-0.2, -0.15) is 0 Å². The van der Waals surface area contributed by atoms with E-state index in [0.29, 0.717) is 12.8 Å². The fourth-order valence-corrected chi connectivity index (χ4v) is 1.30. The van der Waals surface area contributed by atoms with Gasteiger partial charge in [-0.25, -0.2) is 4.39 Å². The third-order valence-corrected chi connectivity index (χ3v) is 1.96. The summed E-state index contributed by atoms with van der Waals surface area (Å²) in [5.74, 6) is 0. The molecule has 0 spiro atoms. The summed E-state index contributed by atoms with van der Waals surface area (Å²) in [6, 6.07) is 0.0403. The van der Waals surface area contributed by atoms with Gasteiger partial charge >= 0.3 is 0 Å². The Bertz CT molecular complexity index is 107. The van der Waals surface area contributed by atoms with Crippen LogP contribution in [0.15, 0.2) is 0 Å². The highest BCUT2D eigenvalue weighted by Gasteiger charge is 2.36. The van der Waals surface area contributed by atoms with E-state index in [1.807, 2.05) is 0 Å². The highest BCUT2D eigenvalue weighted by Crippen LogP contribution is 2.31. The molecule has 1 aliphatic carbocycles. The normalized spacial score (nSPS) is 43.7. The minimum atomic E-state index is -1.14. The summed E-state index contributed by atoms with van der Waals surface area (Å²) in [6.07, 6.45) is 1.78. The third-order valence-electron chi connectivity index (χ3n) is 1.96. The average Bonchev–Trinajstić information content (AvgIpc) is 2.13. The van der Waals surface area contributed by atoms with Crippen molar-refractivity contribution in [2.24, 2.45) is 11.5 Å². The molecule has 2 nitrogen and oxygen atoms in total. The minimum absolute atomic E-state index is 0.0403. The van der Waals surface area contributed by atoms with Gasteiger partial charge in [-0.1, -0.05) is 0 Å². The zero-order chi connectivity index (χ0) is 6.91. The summed E-state index contributed by atoms with van der Waals surface area (Å²) in [6.45, 7) is 0.126. The van der Waals surface area contributed by atoms with Crippen LogP contribution >= 0.6 is 0 Å². The molecule has 9 heavy (non-hydrogen) atoms. The lowest BCUT2D eigenvalue weighted by Gasteiger charge is -2.15. The van der Waals surface area contributed by atoms with Gasteiger partial charge in [0.25, 0.3) is 0 Å². The molecule has 0 aromatic heterocycles. The van der Waals surface area contributed by atoms with Gasteiger partial charge in [0.1, 0.15) is 5.67 Å². The summed E-state index contributed by atoms with van der Waals surface area (Å²) in [7, 11) is 0. The fourth-order valence-electron chi connectivity index (χ4n) is 1.30. The molecule has 0 bridgehead atoms. The van der Waals surface area contributed by atoms with Crippen LogP contribution in [0.2, 0.25) is 0 Å². The Morgan fingerprint density at radius 3 is 2.56 bits per heavy atom. The second-order valence-electron chi connectivity index (χ2n) is 2.86. The van der Waals surface area contributed by atoms with E-state index in [-0.39, 0.29) is 12.6 Å². The van der Waals surface area contributed by atoms with E-state index < -0.39 is 5.67 Å². The van der Waals surface area contributed by atoms with E-state index in [2.05, 4.69) is 0 Å². The van der Waals surface area contributed by atoms with E-state index in [0.717, 1.165) is 6.42 Å². The second-order valence-corrected chi connectivity index (χ2v) is 2.86. The Hall–Kier alpha value is -0.150. The Labute approximate surface area is 54.4 Å². The van der Waals surface area contributed by atoms with E-state index in [4.69, 9.17) is 11.5 Å². The maximum absolute atomic E-state index is 13.1. The minimum Gasteiger partial charge on any atom is -0.328 e. The lowest BCUT2D eigenvalue weighted by atomic mass is 10.1. The van der Waals surface area contributed by atoms with Crippen LogP contribution in [0.4, 0.5) is 4.39 Å². The Morgan fingerprint density at radius 1 is 1.67 bits per heavy atom. The predicted molar refractivity (Wildman–Crippen MR) is 34.7 cm³/mol. The summed E-state index contributed by atoms with van der Waals surface area (Å²) < 4.78 is 13.1. The first kappa shape index (κ1) is 6.96. The monoisotopic (exact) mass is 132 g/mol. The van der Waals surface area contributed by atoms with Gasteiger partial charge in [-0.05, 0) is 19.3 Å². The van der Waals surface area contributed by atoms with E-state index in [9.17, 15) is 4.39 Å². The van der Waals surface area contributed by atoms with Gasteiger partial charge < -0.3 is 11.5 Å². The molecule has 0 amide bonds. The van der Waals surface area contributed by atoms with Crippen molar-refractivity contribution in [3.8, 4) is 0 Å². The summed E-state index contributed by atoms with van der Waals surface area (Å²) in [5.41, 5.74) is 9.55. The number of nitrogens with two attached hydrogens (primary N) is 2. The number of hydrogen-bond donors (Lipinski definition) is 2. The Kier molecular flexibility index (Phi) is 1.73. The first-order valence-corrected chi connectivity index (χ1v) is 3.31. The number of rotatable bonds is 1. The van der Waals surface area contributed by atoms with Crippen molar-refractivity contribution in [1.29, 1.82) is 0 Å². The van der Waals surface area contributed by atoms with Crippen molar-refractivity contribution >= 4 is 0 Å². The molecule has 1 aliphatic rings. The van der Waals surface area contributed by atoms with E-state index in [1.54, 1.807) is 0 Å². The molecule has 1 rings (SSSR count). The van der Waals surface area contributed by atoms with Crippen molar-refractivity contribution in [3.63, 3.8) is 0 Å². The van der Waals surface area contributed by atoms with Crippen LogP contribution in [0, 0.1) is 0 Å². The molecule has 0 aromatic carbocycles. The van der Waals surface area contributed by atoms with Crippen molar-refractivity contribution in [3.05, 3.63) is 0 Å². The molecule has 0 saturated heterocycles. The Balaban J connectivity index is 2.45. The molecule has 1 saturated carbocycles. The van der Waals surface area contributed by atoms with E-state index in [1.165, 1.54) is 0 Å². The van der Waals surface area contributed by atoms with Gasteiger partial charge in [0.15, 0.2) is 0 Å². The molecule has 0 aliphatic heterocycles. The SMILES string of the molecule is NC[C@]1(F)CC[C@H](N)C1. The number of halogens is 1. The van der Waals surface area contributed by atoms with Crippen LogP contribution in [0.1, 0.15) is 19.3 Å². The van der Waals surface area contributed by atoms with Crippen LogP contribution in [-0.2, 0) is 0 Å². The zero-order valence-electron chi connectivity index (χ0n) is 5.44. The van der Waals surface area contributed by atoms with Crippen LogP contribution in [-0.4, -0.2) is 18.3 Å². The first-order chi connectivity index (χ1) is 4.16. The topological polar surface area (TPSA) is 52.0 Å². The molecule has 0 aromatic rings. The van der Waals surface area contributed by atoms with Crippen LogP contribution in [0.5, 0.6) is 0 Å². The van der Waals surface area contributed by atoms with E-state index >= 15 is 0 Å². The lowest BCUT2D eigenvalue weighted by molar-refractivity contribution is 0.181. The fraction of sp³-hybridized carbons (Fsp3) is 1.00. The van der Waals surface area contributed by atoms with Crippen molar-refractivity contribution in [2.75, 3.05) is 6.54 Å². The van der Waals surface area contributed by atoms with Gasteiger partial charge in [0.05, 0.1) is 0 Å². The van der Waals surface area contributed by atoms with Crippen LogP contribution < -0.4 is 11.5 Å². The third kappa shape index (κ3) is 1.40. The maximum atomic E-state index is 13.1. The van der Waals surface area contributed by atoms with Crippen molar-refractivity contribution in [1.82, 2.24) is 0 Å². The van der Waals surface area contributed by atoms with Gasteiger partial charge in [-0.15, -0.1) is 0 Å². The predicted octanol–water partition coefficient (Wildman–Crippen LogP) is 0.165. The highest BCUT2D eigenvalue weighted by atomic mass is 19.1. The van der Waals surface area contributed by atoms with Gasteiger partial charge in [0, 0.05) is 12.6 Å². The molecule has 1 fully saturated rings. The summed E-state index contributed by atoms with van der Waals surface area (Å²) >= 11 is 0. The van der Waals surface area contributed by atoms with Gasteiger partial charge in [-0.3, -0.25) is 0 Å². The van der Waals surface area contributed by atoms with Crippen LogP contribution in [0.25, 0.3) is 0 Å². The van der Waals surface area contributed by atoms with Crippen LogP contribution in [0.3, 0.4) is 0 Å². The number of hydrogen-bond acceptors (Lipinski definition) is 2. The molecular weight excluding hydrogens is 119 g/mol. The Morgan fingerprint density at radius 2 is 2.33 bits per heavy atom. The molecule has 0 unspecified atom stereocenters. The highest BCUT2D eigenvalue weighted by molar-refractivity contribution is 4.92. The summed E-state index contributed by atoms with van der Waals surface area (Å²) in [5, 5.41) is 0. The standard InChI is InChI=1S/C6H13FN2/c7-6(4-8)2-1-5(9)3-6/h5H,1-4,8-9H2/t5-,6-/m0/s1. The molecule has 0 radical (unpaired) electrons. The molecule has 3 heteroatoms. The summed E-state index contributed by atoms with van der Waals surface area (Å²) in [4.78, 5) is 0. The molecule has 54 valence electrons. The first-order valence-electron chi connectivity index (χ1n) is 3.31. The molecular formula is C6H13FN2. The molecule has 2 atom stereocenters. The average molecular weight is 132 g/mol. The molecule has 0 heterocycles. The maximum Gasteiger partial charge on any atom is 0.124 e. The zero-order valence-corrected chi connectivity index (χ0v) is 5.44. The quantitative estimate of drug-likeness (QED) is 0.534. The largest absolute Gasteiger partial charge is 0.328 e. The molecule has 4 N–H and O–H groups in total. The van der Waals surface area contributed by atoms with Crippen molar-refractivity contribution < 1.29 is 4.39 Å². The lowest BCUT2D eigenvalue weighted by Crippen LogP contribution is -2.31. The van der Waals surface area contributed by atoms with Gasteiger partial charge in [0.2, 0.25) is 0 Å². The second kappa shape index (κ2) is 2.23.